The number of aldehydes is 1. The molecule has 0 N–H and O–H groups in total. The second-order valence-electron chi connectivity index (χ2n) is 4.54. The Labute approximate surface area is 145 Å². The van der Waals surface area contributed by atoms with Gasteiger partial charge in [0.2, 0.25) is 0 Å². The fourth-order valence-corrected chi connectivity index (χ4v) is 3.12. The van der Waals surface area contributed by atoms with Gasteiger partial charge in [0, 0.05) is 10.6 Å². The molecule has 0 atom stereocenters. The smallest absolute Gasteiger partial charge is 0.155 e. The summed E-state index contributed by atoms with van der Waals surface area (Å²) in [5, 5.41) is 5.64. The largest absolute Gasteiger partial charge is 0.298 e. The van der Waals surface area contributed by atoms with Gasteiger partial charge < -0.3 is 0 Å². The van der Waals surface area contributed by atoms with Gasteiger partial charge in [0.1, 0.15) is 10.3 Å². The first-order valence-corrected chi connectivity index (χ1v) is 7.91. The molecule has 3 nitrogen and oxygen atoms in total. The number of nitrogens with zero attached hydrogens (tertiary/aromatic N) is 2. The average molecular weight is 396 g/mol. The molecule has 0 aliphatic heterocycles. The molecule has 0 saturated heterocycles. The lowest BCUT2D eigenvalue weighted by molar-refractivity contribution is 0.112. The van der Waals surface area contributed by atoms with Crippen LogP contribution in [0.1, 0.15) is 10.4 Å². The van der Waals surface area contributed by atoms with Crippen LogP contribution < -0.4 is 0 Å². The molecule has 6 heteroatoms. The first-order valence-electron chi connectivity index (χ1n) is 6.36. The van der Waals surface area contributed by atoms with Gasteiger partial charge in [0.25, 0.3) is 0 Å². The minimum absolute atomic E-state index is 0.438. The van der Waals surface area contributed by atoms with Crippen molar-refractivity contribution in [2.75, 3.05) is 0 Å². The lowest BCUT2D eigenvalue weighted by Gasteiger charge is -2.03. The summed E-state index contributed by atoms with van der Waals surface area (Å²) >= 11 is 15.7. The van der Waals surface area contributed by atoms with Crippen molar-refractivity contribution in [1.82, 2.24) is 9.78 Å². The Morgan fingerprint density at radius 2 is 1.86 bits per heavy atom. The highest BCUT2D eigenvalue weighted by molar-refractivity contribution is 9.10. The van der Waals surface area contributed by atoms with Crippen molar-refractivity contribution in [1.29, 1.82) is 0 Å². The highest BCUT2D eigenvalue weighted by Crippen LogP contribution is 2.33. The summed E-state index contributed by atoms with van der Waals surface area (Å²) in [6.45, 7) is 0. The summed E-state index contributed by atoms with van der Waals surface area (Å²) in [5.41, 5.74) is 2.41. The van der Waals surface area contributed by atoms with Crippen molar-refractivity contribution in [2.45, 2.75) is 0 Å². The van der Waals surface area contributed by atoms with Gasteiger partial charge in [-0.05, 0) is 40.2 Å². The molecular weight excluding hydrogens is 387 g/mol. The number of hydrogen-bond acceptors (Lipinski definition) is 2. The third-order valence-electron chi connectivity index (χ3n) is 3.16. The summed E-state index contributed by atoms with van der Waals surface area (Å²) in [6, 6.07) is 14.5. The van der Waals surface area contributed by atoms with Gasteiger partial charge in [0.15, 0.2) is 6.29 Å². The summed E-state index contributed by atoms with van der Waals surface area (Å²) in [5.74, 6) is 0. The van der Waals surface area contributed by atoms with Crippen LogP contribution in [-0.2, 0) is 0 Å². The highest BCUT2D eigenvalue weighted by atomic mass is 79.9. The van der Waals surface area contributed by atoms with Gasteiger partial charge in [-0.1, -0.05) is 47.5 Å². The lowest BCUT2D eigenvalue weighted by Crippen LogP contribution is -1.96. The maximum atomic E-state index is 11.5. The van der Waals surface area contributed by atoms with E-state index in [-0.39, 0.29) is 0 Å². The van der Waals surface area contributed by atoms with E-state index in [1.54, 1.807) is 22.9 Å². The van der Waals surface area contributed by atoms with Crippen LogP contribution >= 0.6 is 39.1 Å². The molecule has 0 unspecified atom stereocenters. The van der Waals surface area contributed by atoms with Crippen molar-refractivity contribution >= 4 is 45.4 Å². The molecule has 22 heavy (non-hydrogen) atoms. The first kappa shape index (κ1) is 15.3. The molecule has 2 aromatic carbocycles. The molecule has 0 aliphatic rings. The number of carbonyl (C=O) groups is 1. The molecule has 110 valence electrons. The van der Waals surface area contributed by atoms with Crippen molar-refractivity contribution in [3.05, 3.63) is 68.7 Å². The minimum Gasteiger partial charge on any atom is -0.298 e. The Morgan fingerprint density at radius 3 is 2.55 bits per heavy atom. The summed E-state index contributed by atoms with van der Waals surface area (Å²) in [6.07, 6.45) is 0.761. The van der Waals surface area contributed by atoms with Gasteiger partial charge in [-0.25, -0.2) is 4.68 Å². The van der Waals surface area contributed by atoms with Crippen LogP contribution in [0.5, 0.6) is 0 Å². The SMILES string of the molecule is O=Cc1c(-c2ccccc2Cl)nn(-c2cccc(Cl)c2)c1Br. The molecule has 0 bridgehead atoms. The zero-order chi connectivity index (χ0) is 15.7. The lowest BCUT2D eigenvalue weighted by atomic mass is 10.1. The van der Waals surface area contributed by atoms with Crippen molar-refractivity contribution in [2.24, 2.45) is 0 Å². The Morgan fingerprint density at radius 1 is 1.09 bits per heavy atom. The van der Waals surface area contributed by atoms with Gasteiger partial charge >= 0.3 is 0 Å². The molecule has 3 rings (SSSR count). The van der Waals surface area contributed by atoms with Crippen LogP contribution in [0.3, 0.4) is 0 Å². The molecular formula is C16H9BrCl2N2O. The van der Waals surface area contributed by atoms with Gasteiger partial charge in [-0.2, -0.15) is 5.10 Å². The van der Waals surface area contributed by atoms with Crippen LogP contribution in [-0.4, -0.2) is 16.1 Å². The molecule has 0 radical (unpaired) electrons. The zero-order valence-electron chi connectivity index (χ0n) is 11.1. The Balaban J connectivity index is 2.24. The van der Waals surface area contributed by atoms with Crippen molar-refractivity contribution < 1.29 is 4.79 Å². The topological polar surface area (TPSA) is 34.9 Å². The number of aromatic nitrogens is 2. The van der Waals surface area contributed by atoms with Gasteiger partial charge in [-0.15, -0.1) is 0 Å². The molecule has 0 spiro atoms. The van der Waals surface area contributed by atoms with Gasteiger partial charge in [-0.3, -0.25) is 4.79 Å². The third-order valence-corrected chi connectivity index (χ3v) is 4.49. The van der Waals surface area contributed by atoms with Gasteiger partial charge in [0.05, 0.1) is 16.3 Å². The minimum atomic E-state index is 0.438. The quantitative estimate of drug-likeness (QED) is 0.555. The monoisotopic (exact) mass is 394 g/mol. The number of carbonyl (C=O) groups excluding carboxylic acids is 1. The molecule has 1 aromatic heterocycles. The molecule has 0 aliphatic carbocycles. The molecule has 0 fully saturated rings. The molecule has 1 heterocycles. The van der Waals surface area contributed by atoms with E-state index in [9.17, 15) is 4.79 Å². The van der Waals surface area contributed by atoms with Crippen molar-refractivity contribution in [3.8, 4) is 16.9 Å². The second-order valence-corrected chi connectivity index (χ2v) is 6.14. The zero-order valence-corrected chi connectivity index (χ0v) is 14.2. The molecule has 3 aromatic rings. The summed E-state index contributed by atoms with van der Waals surface area (Å²) in [7, 11) is 0. The highest BCUT2D eigenvalue weighted by Gasteiger charge is 2.19. The van der Waals surface area contributed by atoms with E-state index >= 15 is 0 Å². The van der Waals surface area contributed by atoms with Crippen LogP contribution in [0.4, 0.5) is 0 Å². The van der Waals surface area contributed by atoms with E-state index in [1.807, 2.05) is 30.3 Å². The standard InChI is InChI=1S/C16H9BrCl2N2O/c17-16-13(9-22)15(12-6-1-2-7-14(12)19)20-21(16)11-5-3-4-10(18)8-11/h1-9H. The van der Waals surface area contributed by atoms with E-state index in [4.69, 9.17) is 23.2 Å². The van der Waals surface area contributed by atoms with E-state index in [2.05, 4.69) is 21.0 Å². The Kier molecular flexibility index (Phi) is 4.34. The summed E-state index contributed by atoms with van der Waals surface area (Å²) in [4.78, 5) is 11.5. The predicted molar refractivity (Wildman–Crippen MR) is 92.1 cm³/mol. The number of rotatable bonds is 3. The maximum absolute atomic E-state index is 11.5. The van der Waals surface area contributed by atoms with Crippen molar-refractivity contribution in [3.63, 3.8) is 0 Å². The number of benzene rings is 2. The fourth-order valence-electron chi connectivity index (χ4n) is 2.15. The van der Waals surface area contributed by atoms with E-state index < -0.39 is 0 Å². The van der Waals surface area contributed by atoms with Crippen LogP contribution in [0.15, 0.2) is 53.1 Å². The van der Waals surface area contributed by atoms with E-state index in [0.717, 1.165) is 12.0 Å². The van der Waals surface area contributed by atoms with Crippen LogP contribution in [0.2, 0.25) is 10.0 Å². The second kappa shape index (κ2) is 6.24. The predicted octanol–water partition coefficient (Wildman–Crippen LogP) is 5.42. The van der Waals surface area contributed by atoms with Crippen LogP contribution in [0.25, 0.3) is 16.9 Å². The number of halogens is 3. The van der Waals surface area contributed by atoms with E-state index in [0.29, 0.717) is 31.5 Å². The number of hydrogen-bond donors (Lipinski definition) is 0. The van der Waals surface area contributed by atoms with E-state index in [1.165, 1.54) is 0 Å². The summed E-state index contributed by atoms with van der Waals surface area (Å²) < 4.78 is 2.17. The third kappa shape index (κ3) is 2.70. The first-order chi connectivity index (χ1) is 10.6. The molecule has 0 amide bonds. The average Bonchev–Trinajstić information content (AvgIpc) is 2.84. The maximum Gasteiger partial charge on any atom is 0.155 e. The normalized spacial score (nSPS) is 10.7. The Hall–Kier alpha value is -1.62. The Bertz CT molecular complexity index is 861. The molecule has 0 saturated carbocycles. The fraction of sp³-hybridized carbons (Fsp3) is 0. The van der Waals surface area contributed by atoms with Crippen LogP contribution in [0, 0.1) is 0 Å².